The molecule has 0 aromatic carbocycles. The molecule has 1 fully saturated rings. The number of amides is 1. The van der Waals surface area contributed by atoms with Gasteiger partial charge in [-0.05, 0) is 42.7 Å². The van der Waals surface area contributed by atoms with Crippen molar-refractivity contribution in [1.29, 1.82) is 0 Å². The van der Waals surface area contributed by atoms with Gasteiger partial charge in [-0.2, -0.15) is 11.8 Å². The Morgan fingerprint density at radius 1 is 1.27 bits per heavy atom. The van der Waals surface area contributed by atoms with Crippen LogP contribution < -0.4 is 0 Å². The third kappa shape index (κ3) is 5.64. The molecule has 1 aromatic rings. The monoisotopic (exact) mass is 320 g/mol. The quantitative estimate of drug-likeness (QED) is 0.681. The van der Waals surface area contributed by atoms with Crippen LogP contribution in [0.3, 0.4) is 0 Å². The Hall–Kier alpha value is -1.03. The standard InChI is InChI=1S/C18H28N2OS/c1-2-22-15-14-20(17-6-4-3-5-7-17)18(21)9-8-16-10-12-19-13-11-16/h10-13,17H,2-9,14-15H2,1H3. The van der Waals surface area contributed by atoms with Crippen LogP contribution in [0.15, 0.2) is 24.5 Å². The van der Waals surface area contributed by atoms with Crippen LogP contribution in [-0.4, -0.2) is 39.9 Å². The normalized spacial score (nSPS) is 15.7. The van der Waals surface area contributed by atoms with Crippen LogP contribution in [0.4, 0.5) is 0 Å². The van der Waals surface area contributed by atoms with E-state index in [0.29, 0.717) is 18.4 Å². The molecule has 0 atom stereocenters. The van der Waals surface area contributed by atoms with Crippen molar-refractivity contribution < 1.29 is 4.79 Å². The van der Waals surface area contributed by atoms with Crippen LogP contribution in [0.5, 0.6) is 0 Å². The zero-order valence-corrected chi connectivity index (χ0v) is 14.5. The van der Waals surface area contributed by atoms with Crippen LogP contribution in [0.2, 0.25) is 0 Å². The maximum atomic E-state index is 12.7. The van der Waals surface area contributed by atoms with Gasteiger partial charge in [0.15, 0.2) is 0 Å². The highest BCUT2D eigenvalue weighted by atomic mass is 32.2. The first kappa shape index (κ1) is 17.3. The van der Waals surface area contributed by atoms with Crippen LogP contribution in [0.25, 0.3) is 0 Å². The lowest BCUT2D eigenvalue weighted by Gasteiger charge is -2.34. The molecule has 1 aromatic heterocycles. The Bertz CT molecular complexity index is 432. The van der Waals surface area contributed by atoms with E-state index in [-0.39, 0.29) is 0 Å². The summed E-state index contributed by atoms with van der Waals surface area (Å²) in [7, 11) is 0. The fourth-order valence-corrected chi connectivity index (χ4v) is 3.77. The number of pyridine rings is 1. The zero-order chi connectivity index (χ0) is 15.6. The lowest BCUT2D eigenvalue weighted by atomic mass is 9.94. The van der Waals surface area contributed by atoms with Crippen molar-refractivity contribution in [2.75, 3.05) is 18.1 Å². The summed E-state index contributed by atoms with van der Waals surface area (Å²) in [5, 5.41) is 0. The van der Waals surface area contributed by atoms with Gasteiger partial charge in [0.2, 0.25) is 5.91 Å². The molecule has 0 bridgehead atoms. The van der Waals surface area contributed by atoms with Crippen molar-refractivity contribution in [3.8, 4) is 0 Å². The first-order valence-corrected chi connectivity index (χ1v) is 9.73. The summed E-state index contributed by atoms with van der Waals surface area (Å²) in [5.74, 6) is 2.53. The van der Waals surface area contributed by atoms with Crippen LogP contribution in [0, 0.1) is 0 Å². The second kappa shape index (κ2) is 9.88. The minimum atomic E-state index is 0.334. The molecule has 0 spiro atoms. The molecule has 1 saturated carbocycles. The fourth-order valence-electron chi connectivity index (χ4n) is 3.16. The molecule has 1 amide bonds. The third-order valence-electron chi connectivity index (χ3n) is 4.39. The van der Waals surface area contributed by atoms with Crippen molar-refractivity contribution in [2.45, 2.75) is 57.9 Å². The topological polar surface area (TPSA) is 33.2 Å². The second-order valence-corrected chi connectivity index (χ2v) is 7.33. The summed E-state index contributed by atoms with van der Waals surface area (Å²) in [6.45, 7) is 3.10. The fraction of sp³-hybridized carbons (Fsp3) is 0.667. The van der Waals surface area contributed by atoms with E-state index < -0.39 is 0 Å². The van der Waals surface area contributed by atoms with Crippen LogP contribution in [0.1, 0.15) is 51.0 Å². The number of aryl methyl sites for hydroxylation is 1. The number of carbonyl (C=O) groups excluding carboxylic acids is 1. The van der Waals surface area contributed by atoms with Gasteiger partial charge in [0.05, 0.1) is 0 Å². The van der Waals surface area contributed by atoms with E-state index in [4.69, 9.17) is 0 Å². The number of hydrogen-bond acceptors (Lipinski definition) is 3. The Morgan fingerprint density at radius 3 is 2.68 bits per heavy atom. The van der Waals surface area contributed by atoms with Crippen molar-refractivity contribution in [2.24, 2.45) is 0 Å². The minimum absolute atomic E-state index is 0.334. The molecule has 0 radical (unpaired) electrons. The van der Waals surface area contributed by atoms with E-state index in [1.807, 2.05) is 23.9 Å². The smallest absolute Gasteiger partial charge is 0.223 e. The Labute approximate surface area is 138 Å². The molecule has 0 saturated heterocycles. The van der Waals surface area contributed by atoms with Crippen LogP contribution >= 0.6 is 11.8 Å². The maximum absolute atomic E-state index is 12.7. The number of aromatic nitrogens is 1. The first-order valence-electron chi connectivity index (χ1n) is 8.57. The van der Waals surface area contributed by atoms with E-state index >= 15 is 0 Å². The maximum Gasteiger partial charge on any atom is 0.223 e. The van der Waals surface area contributed by atoms with Gasteiger partial charge in [-0.1, -0.05) is 26.2 Å². The van der Waals surface area contributed by atoms with Crippen molar-refractivity contribution in [1.82, 2.24) is 9.88 Å². The number of hydrogen-bond donors (Lipinski definition) is 0. The molecule has 1 heterocycles. The number of rotatable bonds is 8. The molecule has 3 nitrogen and oxygen atoms in total. The summed E-state index contributed by atoms with van der Waals surface area (Å²) >= 11 is 1.93. The highest BCUT2D eigenvalue weighted by molar-refractivity contribution is 7.99. The Kier molecular flexibility index (Phi) is 7.78. The summed E-state index contributed by atoms with van der Waals surface area (Å²) < 4.78 is 0. The lowest BCUT2D eigenvalue weighted by molar-refractivity contribution is -0.133. The third-order valence-corrected chi connectivity index (χ3v) is 5.27. The number of nitrogens with zero attached hydrogens (tertiary/aromatic N) is 2. The van der Waals surface area contributed by atoms with Crippen LogP contribution in [-0.2, 0) is 11.2 Å². The largest absolute Gasteiger partial charge is 0.339 e. The summed E-state index contributed by atoms with van der Waals surface area (Å²) in [4.78, 5) is 18.9. The van der Waals surface area contributed by atoms with Crippen molar-refractivity contribution >= 4 is 17.7 Å². The molecule has 0 aliphatic heterocycles. The molecular formula is C18H28N2OS. The van der Waals surface area contributed by atoms with Gasteiger partial charge in [0.1, 0.15) is 0 Å². The van der Waals surface area contributed by atoms with E-state index in [1.54, 1.807) is 12.4 Å². The Balaban J connectivity index is 1.89. The van der Waals surface area contributed by atoms with Crippen molar-refractivity contribution in [3.63, 3.8) is 0 Å². The highest BCUT2D eigenvalue weighted by Crippen LogP contribution is 2.24. The predicted octanol–water partition coefficient (Wildman–Crippen LogP) is 3.93. The van der Waals surface area contributed by atoms with Gasteiger partial charge in [0.25, 0.3) is 0 Å². The molecule has 1 aliphatic carbocycles. The van der Waals surface area contributed by atoms with E-state index in [2.05, 4.69) is 16.8 Å². The number of thioether (sulfide) groups is 1. The lowest BCUT2D eigenvalue weighted by Crippen LogP contribution is -2.43. The molecule has 0 N–H and O–H groups in total. The second-order valence-electron chi connectivity index (χ2n) is 5.93. The van der Waals surface area contributed by atoms with E-state index in [1.165, 1.54) is 37.7 Å². The first-order chi connectivity index (χ1) is 10.8. The van der Waals surface area contributed by atoms with Gasteiger partial charge < -0.3 is 4.90 Å². The van der Waals surface area contributed by atoms with Gasteiger partial charge in [-0.25, -0.2) is 0 Å². The molecule has 2 rings (SSSR count). The average molecular weight is 321 g/mol. The SMILES string of the molecule is CCSCCN(C(=O)CCc1ccncc1)C1CCCCC1. The van der Waals surface area contributed by atoms with Gasteiger partial charge in [-0.15, -0.1) is 0 Å². The van der Waals surface area contributed by atoms with Gasteiger partial charge in [-0.3, -0.25) is 9.78 Å². The molecule has 4 heteroatoms. The van der Waals surface area contributed by atoms with Gasteiger partial charge >= 0.3 is 0 Å². The molecule has 122 valence electrons. The van der Waals surface area contributed by atoms with Gasteiger partial charge in [0, 0.05) is 37.2 Å². The van der Waals surface area contributed by atoms with Crippen molar-refractivity contribution in [3.05, 3.63) is 30.1 Å². The summed E-state index contributed by atoms with van der Waals surface area (Å²) in [6.07, 6.45) is 11.3. The zero-order valence-electron chi connectivity index (χ0n) is 13.7. The molecule has 1 aliphatic rings. The number of carbonyl (C=O) groups is 1. The Morgan fingerprint density at radius 2 is 2.00 bits per heavy atom. The molecular weight excluding hydrogens is 292 g/mol. The summed E-state index contributed by atoms with van der Waals surface area (Å²) in [6, 6.07) is 4.49. The van der Waals surface area contributed by atoms with E-state index in [9.17, 15) is 4.79 Å². The molecule has 0 unspecified atom stereocenters. The summed E-state index contributed by atoms with van der Waals surface area (Å²) in [5.41, 5.74) is 1.20. The van der Waals surface area contributed by atoms with E-state index in [0.717, 1.165) is 24.5 Å². The predicted molar refractivity (Wildman–Crippen MR) is 94.1 cm³/mol. The highest BCUT2D eigenvalue weighted by Gasteiger charge is 2.24. The average Bonchev–Trinajstić information content (AvgIpc) is 2.58. The molecule has 22 heavy (non-hydrogen) atoms. The minimum Gasteiger partial charge on any atom is -0.339 e.